The monoisotopic (exact) mass is 670 g/mol. The van der Waals surface area contributed by atoms with Crippen LogP contribution in [0.2, 0.25) is 0 Å². The van der Waals surface area contributed by atoms with Crippen LogP contribution in [0.25, 0.3) is 10.8 Å². The van der Waals surface area contributed by atoms with Crippen LogP contribution in [0.1, 0.15) is 20.7 Å². The average Bonchev–Trinajstić information content (AvgIpc) is 2.95. The molecule has 0 saturated carbocycles. The van der Waals surface area contributed by atoms with Crippen molar-refractivity contribution in [3.05, 3.63) is 92.9 Å². The van der Waals surface area contributed by atoms with Gasteiger partial charge in [0, 0.05) is 45.3 Å². The molecule has 10 heteroatoms. The molecule has 0 aliphatic rings. The van der Waals surface area contributed by atoms with Crippen LogP contribution in [0, 0.1) is 0 Å². The Hall–Kier alpha value is -3.44. The Labute approximate surface area is 249 Å². The predicted molar refractivity (Wildman–Crippen MR) is 163 cm³/mol. The SMILES string of the molecule is COCCOc1ccc(Br)cc1C(=O)Nc1cccc2c(NC(=O)c3cc(Br)ccc3OCCOC)cccc12. The third-order valence-corrected chi connectivity index (χ3v) is 6.87. The van der Waals surface area contributed by atoms with E-state index in [9.17, 15) is 9.59 Å². The minimum atomic E-state index is -0.331. The van der Waals surface area contributed by atoms with Gasteiger partial charge in [0.15, 0.2) is 0 Å². The number of methoxy groups -OCH3 is 2. The predicted octanol–water partition coefficient (Wildman–Crippen LogP) is 6.92. The lowest BCUT2D eigenvalue weighted by atomic mass is 10.1. The van der Waals surface area contributed by atoms with E-state index in [1.165, 1.54) is 0 Å². The molecule has 0 unspecified atom stereocenters. The molecule has 0 bridgehead atoms. The number of ether oxygens (including phenoxy) is 4. The fourth-order valence-corrected chi connectivity index (χ4v) is 4.71. The minimum Gasteiger partial charge on any atom is -0.490 e. The molecule has 0 aliphatic carbocycles. The Morgan fingerprint density at radius 3 is 1.45 bits per heavy atom. The van der Waals surface area contributed by atoms with Gasteiger partial charge in [0.1, 0.15) is 24.7 Å². The Balaban J connectivity index is 1.60. The van der Waals surface area contributed by atoms with Gasteiger partial charge in [-0.2, -0.15) is 0 Å². The number of anilines is 2. The summed E-state index contributed by atoms with van der Waals surface area (Å²) in [6.07, 6.45) is 0. The quantitative estimate of drug-likeness (QED) is 0.159. The summed E-state index contributed by atoms with van der Waals surface area (Å²) in [6.45, 7) is 1.42. The molecule has 0 atom stereocenters. The number of rotatable bonds is 12. The highest BCUT2D eigenvalue weighted by Crippen LogP contribution is 2.32. The molecule has 4 aromatic carbocycles. The highest BCUT2D eigenvalue weighted by atomic mass is 79.9. The minimum absolute atomic E-state index is 0.312. The second-order valence-electron chi connectivity index (χ2n) is 8.58. The van der Waals surface area contributed by atoms with Gasteiger partial charge in [0.05, 0.1) is 24.3 Å². The molecule has 2 amide bonds. The highest BCUT2D eigenvalue weighted by Gasteiger charge is 2.18. The first-order valence-electron chi connectivity index (χ1n) is 12.4. The van der Waals surface area contributed by atoms with E-state index in [4.69, 9.17) is 18.9 Å². The number of carbonyl (C=O) groups excluding carboxylic acids is 2. The molecule has 40 heavy (non-hydrogen) atoms. The Morgan fingerprint density at radius 1 is 0.625 bits per heavy atom. The first-order valence-corrected chi connectivity index (χ1v) is 14.0. The molecule has 208 valence electrons. The Kier molecular flexibility index (Phi) is 10.5. The maximum absolute atomic E-state index is 13.3. The zero-order chi connectivity index (χ0) is 28.5. The van der Waals surface area contributed by atoms with Gasteiger partial charge in [-0.25, -0.2) is 0 Å². The molecule has 0 aliphatic heterocycles. The molecule has 8 nitrogen and oxygen atoms in total. The summed E-state index contributed by atoms with van der Waals surface area (Å²) in [5, 5.41) is 7.51. The van der Waals surface area contributed by atoms with E-state index in [2.05, 4.69) is 42.5 Å². The molecule has 0 spiro atoms. The van der Waals surface area contributed by atoms with Gasteiger partial charge in [-0.3, -0.25) is 9.59 Å². The molecule has 0 fully saturated rings. The molecular formula is C30H28Br2N2O6. The smallest absolute Gasteiger partial charge is 0.259 e. The van der Waals surface area contributed by atoms with Crippen molar-refractivity contribution in [2.45, 2.75) is 0 Å². The van der Waals surface area contributed by atoms with Gasteiger partial charge in [-0.1, -0.05) is 56.1 Å². The van der Waals surface area contributed by atoms with Crippen molar-refractivity contribution < 1.29 is 28.5 Å². The van der Waals surface area contributed by atoms with E-state index < -0.39 is 0 Å². The molecule has 4 aromatic rings. The number of carbonyl (C=O) groups is 2. The van der Waals surface area contributed by atoms with Gasteiger partial charge in [-0.15, -0.1) is 0 Å². The van der Waals surface area contributed by atoms with Gasteiger partial charge < -0.3 is 29.6 Å². The maximum atomic E-state index is 13.3. The summed E-state index contributed by atoms with van der Waals surface area (Å²) < 4.78 is 23.1. The molecule has 0 aromatic heterocycles. The van der Waals surface area contributed by atoms with Gasteiger partial charge >= 0.3 is 0 Å². The van der Waals surface area contributed by atoms with Gasteiger partial charge in [0.25, 0.3) is 11.8 Å². The van der Waals surface area contributed by atoms with E-state index >= 15 is 0 Å². The number of amides is 2. The summed E-state index contributed by atoms with van der Waals surface area (Å²) in [4.78, 5) is 26.7. The number of fused-ring (bicyclic) bond motifs is 1. The van der Waals surface area contributed by atoms with E-state index in [0.717, 1.165) is 19.7 Å². The van der Waals surface area contributed by atoms with Crippen LogP contribution >= 0.6 is 31.9 Å². The normalized spacial score (nSPS) is 10.8. The molecule has 2 N–H and O–H groups in total. The lowest BCUT2D eigenvalue weighted by Crippen LogP contribution is -2.16. The Bertz CT molecular complexity index is 1400. The second kappa shape index (κ2) is 14.3. The average molecular weight is 672 g/mol. The largest absolute Gasteiger partial charge is 0.490 e. The summed E-state index contributed by atoms with van der Waals surface area (Å²) in [5.74, 6) is 0.234. The first-order chi connectivity index (χ1) is 19.4. The van der Waals surface area contributed by atoms with Crippen molar-refractivity contribution in [2.75, 3.05) is 51.3 Å². The molecule has 0 heterocycles. The van der Waals surface area contributed by atoms with Gasteiger partial charge in [0.2, 0.25) is 0 Å². The topological polar surface area (TPSA) is 95.1 Å². The number of benzene rings is 4. The zero-order valence-electron chi connectivity index (χ0n) is 22.0. The van der Waals surface area contributed by atoms with E-state index in [1.807, 2.05) is 48.5 Å². The maximum Gasteiger partial charge on any atom is 0.259 e. The number of nitrogens with one attached hydrogen (secondary N) is 2. The molecular weight excluding hydrogens is 644 g/mol. The van der Waals surface area contributed by atoms with Crippen LogP contribution in [0.5, 0.6) is 11.5 Å². The van der Waals surface area contributed by atoms with Crippen molar-refractivity contribution >= 4 is 65.8 Å². The third-order valence-electron chi connectivity index (χ3n) is 5.88. The summed E-state index contributed by atoms with van der Waals surface area (Å²) >= 11 is 6.86. The summed E-state index contributed by atoms with van der Waals surface area (Å²) in [5.41, 5.74) is 1.94. The molecule has 0 radical (unpaired) electrons. The van der Waals surface area contributed by atoms with Crippen molar-refractivity contribution in [3.8, 4) is 11.5 Å². The third kappa shape index (κ3) is 7.39. The van der Waals surface area contributed by atoms with Crippen molar-refractivity contribution in [1.29, 1.82) is 0 Å². The van der Waals surface area contributed by atoms with Crippen LogP contribution in [-0.4, -0.2) is 52.5 Å². The highest BCUT2D eigenvalue weighted by molar-refractivity contribution is 9.10. The van der Waals surface area contributed by atoms with Crippen molar-refractivity contribution in [2.24, 2.45) is 0 Å². The van der Waals surface area contributed by atoms with E-state index in [1.54, 1.807) is 38.5 Å². The lowest BCUT2D eigenvalue weighted by molar-refractivity contribution is 0.101. The van der Waals surface area contributed by atoms with Crippen molar-refractivity contribution in [3.63, 3.8) is 0 Å². The standard InChI is InChI=1S/C30H28Br2N2O6/c1-37-13-15-39-27-11-9-19(31)17-23(27)29(35)33-25-7-3-6-22-21(25)5-4-8-26(22)34-30(36)24-18-20(32)10-12-28(24)40-16-14-38-2/h3-12,17-18H,13-16H2,1-2H3,(H,33,35)(H,34,36). The van der Waals surface area contributed by atoms with Crippen LogP contribution in [-0.2, 0) is 9.47 Å². The first kappa shape index (κ1) is 29.5. The fourth-order valence-electron chi connectivity index (χ4n) is 3.99. The number of hydrogen-bond donors (Lipinski definition) is 2. The number of halogens is 2. The molecule has 0 saturated heterocycles. The van der Waals surface area contributed by atoms with Crippen LogP contribution in [0.4, 0.5) is 11.4 Å². The fraction of sp³-hybridized carbons (Fsp3) is 0.200. The van der Waals surface area contributed by atoms with Gasteiger partial charge in [-0.05, 0) is 48.5 Å². The van der Waals surface area contributed by atoms with Crippen LogP contribution in [0.3, 0.4) is 0 Å². The van der Waals surface area contributed by atoms with E-state index in [-0.39, 0.29) is 11.8 Å². The molecule has 4 rings (SSSR count). The van der Waals surface area contributed by atoms with Crippen LogP contribution < -0.4 is 20.1 Å². The second-order valence-corrected chi connectivity index (χ2v) is 10.4. The summed E-state index contributed by atoms with van der Waals surface area (Å²) in [6, 6.07) is 21.5. The Morgan fingerprint density at radius 2 is 1.05 bits per heavy atom. The van der Waals surface area contributed by atoms with E-state index in [0.29, 0.717) is 60.4 Å². The number of hydrogen-bond acceptors (Lipinski definition) is 6. The van der Waals surface area contributed by atoms with Crippen molar-refractivity contribution in [1.82, 2.24) is 0 Å². The zero-order valence-corrected chi connectivity index (χ0v) is 25.1. The van der Waals surface area contributed by atoms with Crippen LogP contribution in [0.15, 0.2) is 81.7 Å². The summed E-state index contributed by atoms with van der Waals surface area (Å²) in [7, 11) is 3.18. The lowest BCUT2D eigenvalue weighted by Gasteiger charge is -2.15.